The Hall–Kier alpha value is -2.55. The Balaban J connectivity index is 1.87. The molecule has 0 aliphatic heterocycles. The SMILES string of the molecule is COc1ccc([N+](=O)[O-])cc1COC(=O)CSCc1c(C)noc1C. The highest BCUT2D eigenvalue weighted by Crippen LogP contribution is 2.25. The van der Waals surface area contributed by atoms with Gasteiger partial charge in [-0.15, -0.1) is 11.8 Å². The topological polar surface area (TPSA) is 105 Å². The van der Waals surface area contributed by atoms with Crippen molar-refractivity contribution in [2.45, 2.75) is 26.2 Å². The van der Waals surface area contributed by atoms with Crippen LogP contribution in [-0.2, 0) is 21.9 Å². The summed E-state index contributed by atoms with van der Waals surface area (Å²) in [6, 6.07) is 4.15. The van der Waals surface area contributed by atoms with Gasteiger partial charge in [0.1, 0.15) is 18.1 Å². The van der Waals surface area contributed by atoms with Gasteiger partial charge in [-0.3, -0.25) is 14.9 Å². The van der Waals surface area contributed by atoms with Crippen LogP contribution in [0.4, 0.5) is 5.69 Å². The molecule has 0 fully saturated rings. The van der Waals surface area contributed by atoms with Crippen molar-refractivity contribution in [2.24, 2.45) is 0 Å². The van der Waals surface area contributed by atoms with Gasteiger partial charge in [0.25, 0.3) is 5.69 Å². The maximum atomic E-state index is 11.9. The molecule has 0 atom stereocenters. The monoisotopic (exact) mass is 366 g/mol. The number of ether oxygens (including phenoxy) is 2. The van der Waals surface area contributed by atoms with Crippen molar-refractivity contribution in [3.8, 4) is 5.75 Å². The zero-order chi connectivity index (χ0) is 18.4. The molecule has 134 valence electrons. The number of carbonyl (C=O) groups excluding carboxylic acids is 1. The summed E-state index contributed by atoms with van der Waals surface area (Å²) < 4.78 is 15.4. The van der Waals surface area contributed by atoms with Gasteiger partial charge in [0, 0.05) is 29.0 Å². The third-order valence-electron chi connectivity index (χ3n) is 3.51. The van der Waals surface area contributed by atoms with Crippen molar-refractivity contribution < 1.29 is 23.7 Å². The summed E-state index contributed by atoms with van der Waals surface area (Å²) in [5.41, 5.74) is 2.14. The van der Waals surface area contributed by atoms with E-state index >= 15 is 0 Å². The zero-order valence-electron chi connectivity index (χ0n) is 14.1. The molecule has 0 spiro atoms. The molecule has 25 heavy (non-hydrogen) atoms. The molecule has 1 aromatic heterocycles. The Morgan fingerprint density at radius 2 is 2.16 bits per heavy atom. The second kappa shape index (κ2) is 8.52. The highest BCUT2D eigenvalue weighted by Gasteiger charge is 2.14. The highest BCUT2D eigenvalue weighted by atomic mass is 32.2. The number of benzene rings is 1. The van der Waals surface area contributed by atoms with Crippen molar-refractivity contribution >= 4 is 23.4 Å². The molecule has 0 saturated carbocycles. The number of esters is 1. The Kier molecular flexibility index (Phi) is 6.40. The van der Waals surface area contributed by atoms with Crippen molar-refractivity contribution in [1.82, 2.24) is 5.16 Å². The number of nitro groups is 1. The first kappa shape index (κ1) is 18.8. The fourth-order valence-corrected chi connectivity index (χ4v) is 3.10. The molecule has 0 radical (unpaired) electrons. The number of non-ortho nitro benzene ring substituents is 1. The number of aryl methyl sites for hydroxylation is 2. The lowest BCUT2D eigenvalue weighted by Gasteiger charge is -2.09. The van der Waals surface area contributed by atoms with Crippen molar-refractivity contribution in [3.05, 3.63) is 50.9 Å². The van der Waals surface area contributed by atoms with Gasteiger partial charge in [-0.1, -0.05) is 5.16 Å². The summed E-state index contributed by atoms with van der Waals surface area (Å²) in [6.45, 7) is 3.58. The molecule has 0 bridgehead atoms. The Morgan fingerprint density at radius 3 is 2.76 bits per heavy atom. The largest absolute Gasteiger partial charge is 0.496 e. The zero-order valence-corrected chi connectivity index (χ0v) is 14.9. The second-order valence-corrected chi connectivity index (χ2v) is 6.20. The maximum Gasteiger partial charge on any atom is 0.316 e. The van der Waals surface area contributed by atoms with E-state index in [0.717, 1.165) is 17.0 Å². The number of thioether (sulfide) groups is 1. The summed E-state index contributed by atoms with van der Waals surface area (Å²) >= 11 is 1.39. The Labute approximate surface area is 148 Å². The van der Waals surface area contributed by atoms with Crippen molar-refractivity contribution in [3.63, 3.8) is 0 Å². The predicted octanol–water partition coefficient (Wildman–Crippen LogP) is 3.18. The molecule has 0 N–H and O–H groups in total. The minimum absolute atomic E-state index is 0.0837. The fourth-order valence-electron chi connectivity index (χ4n) is 2.14. The summed E-state index contributed by atoms with van der Waals surface area (Å²) in [7, 11) is 1.45. The average Bonchev–Trinajstić information content (AvgIpc) is 2.91. The third-order valence-corrected chi connectivity index (χ3v) is 4.44. The van der Waals surface area contributed by atoms with Crippen LogP contribution in [0.15, 0.2) is 22.7 Å². The average molecular weight is 366 g/mol. The summed E-state index contributed by atoms with van der Waals surface area (Å²) in [6.07, 6.45) is 0. The van der Waals surface area contributed by atoms with Gasteiger partial charge in [-0.2, -0.15) is 0 Å². The minimum atomic E-state index is -0.510. The summed E-state index contributed by atoms with van der Waals surface area (Å²) in [5, 5.41) is 14.7. The van der Waals surface area contributed by atoms with Crippen LogP contribution < -0.4 is 4.74 Å². The first-order valence-electron chi connectivity index (χ1n) is 7.38. The molecule has 9 heteroatoms. The molecule has 0 saturated heterocycles. The Bertz CT molecular complexity index is 754. The number of nitrogens with zero attached hydrogens (tertiary/aromatic N) is 2. The molecule has 2 rings (SSSR count). The summed E-state index contributed by atoms with van der Waals surface area (Å²) in [5.74, 6) is 1.50. The first-order chi connectivity index (χ1) is 11.9. The molecule has 0 unspecified atom stereocenters. The van der Waals surface area contributed by atoms with Gasteiger partial charge in [0.2, 0.25) is 0 Å². The quantitative estimate of drug-likeness (QED) is 0.398. The molecular weight excluding hydrogens is 348 g/mol. The smallest absolute Gasteiger partial charge is 0.316 e. The molecule has 8 nitrogen and oxygen atoms in total. The number of hydrogen-bond donors (Lipinski definition) is 0. The van der Waals surface area contributed by atoms with Gasteiger partial charge in [-0.25, -0.2) is 0 Å². The van der Waals surface area contributed by atoms with E-state index in [9.17, 15) is 14.9 Å². The predicted molar refractivity (Wildman–Crippen MR) is 91.6 cm³/mol. The lowest BCUT2D eigenvalue weighted by atomic mass is 10.2. The van der Waals surface area contributed by atoms with E-state index in [2.05, 4.69) is 5.16 Å². The number of carbonyl (C=O) groups is 1. The number of rotatable bonds is 8. The van der Waals surface area contributed by atoms with E-state index < -0.39 is 10.9 Å². The normalized spacial score (nSPS) is 10.5. The van der Waals surface area contributed by atoms with Crippen LogP contribution in [0.3, 0.4) is 0 Å². The van der Waals surface area contributed by atoms with Crippen LogP contribution >= 0.6 is 11.8 Å². The van der Waals surface area contributed by atoms with Crippen molar-refractivity contribution in [1.29, 1.82) is 0 Å². The highest BCUT2D eigenvalue weighted by molar-refractivity contribution is 7.99. The maximum absolute atomic E-state index is 11.9. The number of hydrogen-bond acceptors (Lipinski definition) is 8. The van der Waals surface area contributed by atoms with Crippen LogP contribution in [0.25, 0.3) is 0 Å². The molecule has 0 aliphatic carbocycles. The number of methoxy groups -OCH3 is 1. The molecule has 1 aromatic carbocycles. The molecular formula is C16H18N2O6S. The van der Waals surface area contributed by atoms with E-state index in [1.165, 1.54) is 37.1 Å². The molecule has 0 amide bonds. The van der Waals surface area contributed by atoms with Gasteiger partial charge in [-0.05, 0) is 19.9 Å². The van der Waals surface area contributed by atoms with Gasteiger partial charge < -0.3 is 14.0 Å². The molecule has 1 heterocycles. The number of nitro benzene ring substituents is 1. The van der Waals surface area contributed by atoms with Gasteiger partial charge in [0.15, 0.2) is 0 Å². The van der Waals surface area contributed by atoms with Gasteiger partial charge >= 0.3 is 5.97 Å². The van der Waals surface area contributed by atoms with E-state index in [1.54, 1.807) is 0 Å². The van der Waals surface area contributed by atoms with E-state index in [1.807, 2.05) is 13.8 Å². The van der Waals surface area contributed by atoms with E-state index in [-0.39, 0.29) is 18.0 Å². The van der Waals surface area contributed by atoms with Crippen LogP contribution in [0.5, 0.6) is 5.75 Å². The fraction of sp³-hybridized carbons (Fsp3) is 0.375. The second-order valence-electron chi connectivity index (χ2n) is 5.21. The lowest BCUT2D eigenvalue weighted by molar-refractivity contribution is -0.385. The Morgan fingerprint density at radius 1 is 1.40 bits per heavy atom. The third kappa shape index (κ3) is 4.96. The summed E-state index contributed by atoms with van der Waals surface area (Å²) in [4.78, 5) is 22.2. The van der Waals surface area contributed by atoms with E-state index in [4.69, 9.17) is 14.0 Å². The van der Waals surface area contributed by atoms with Crippen LogP contribution in [-0.4, -0.2) is 28.9 Å². The number of aromatic nitrogens is 1. The van der Waals surface area contributed by atoms with Crippen LogP contribution in [0.1, 0.15) is 22.6 Å². The van der Waals surface area contributed by atoms with Gasteiger partial charge in [0.05, 0.1) is 23.5 Å². The van der Waals surface area contributed by atoms with E-state index in [0.29, 0.717) is 17.1 Å². The van der Waals surface area contributed by atoms with Crippen LogP contribution in [0.2, 0.25) is 0 Å². The standard InChI is InChI=1S/C16H18N2O6S/c1-10-14(11(2)24-17-10)8-25-9-16(19)23-7-12-6-13(18(20)21)4-5-15(12)22-3/h4-6H,7-9H2,1-3H3. The molecule has 0 aliphatic rings. The minimum Gasteiger partial charge on any atom is -0.496 e. The first-order valence-corrected chi connectivity index (χ1v) is 8.54. The lowest BCUT2D eigenvalue weighted by Crippen LogP contribution is -2.08. The van der Waals surface area contributed by atoms with Crippen LogP contribution in [0, 0.1) is 24.0 Å². The van der Waals surface area contributed by atoms with Crippen molar-refractivity contribution in [2.75, 3.05) is 12.9 Å². The molecule has 2 aromatic rings.